The van der Waals surface area contributed by atoms with Gasteiger partial charge in [0.15, 0.2) is 11.5 Å². The molecule has 0 aromatic heterocycles. The molecule has 1 aliphatic heterocycles. The third-order valence-electron chi connectivity index (χ3n) is 4.13. The number of alkyl halides is 1. The van der Waals surface area contributed by atoms with Gasteiger partial charge in [0.2, 0.25) is 0 Å². The molecule has 0 N–H and O–H groups in total. The van der Waals surface area contributed by atoms with E-state index in [2.05, 4.69) is 24.3 Å². The van der Waals surface area contributed by atoms with Gasteiger partial charge in [-0.3, -0.25) is 0 Å². The molecular weight excluding hydrogens is 272 g/mol. The lowest BCUT2D eigenvalue weighted by atomic mass is 9.74. The Balaban J connectivity index is 1.62. The molecular formula is C17H15ClO2. The molecule has 2 aliphatic rings. The summed E-state index contributed by atoms with van der Waals surface area (Å²) in [5.41, 5.74) is 3.90. The fourth-order valence-electron chi connectivity index (χ4n) is 3.02. The van der Waals surface area contributed by atoms with Crippen LogP contribution in [0.2, 0.25) is 0 Å². The Kier molecular flexibility index (Phi) is 2.85. The van der Waals surface area contributed by atoms with Gasteiger partial charge in [0.05, 0.1) is 5.38 Å². The maximum absolute atomic E-state index is 6.68. The van der Waals surface area contributed by atoms with Crippen LogP contribution in [0.4, 0.5) is 0 Å². The summed E-state index contributed by atoms with van der Waals surface area (Å²) >= 11 is 6.68. The SMILES string of the molecule is ClC(c1ccc2c(c1)OCCO2)C1Cc2ccccc21. The van der Waals surface area contributed by atoms with Gasteiger partial charge in [-0.05, 0) is 35.2 Å². The predicted octanol–water partition coefficient (Wildman–Crippen LogP) is 4.08. The average Bonchev–Trinajstić information content (AvgIpc) is 2.48. The van der Waals surface area contributed by atoms with E-state index < -0.39 is 0 Å². The van der Waals surface area contributed by atoms with Gasteiger partial charge >= 0.3 is 0 Å². The summed E-state index contributed by atoms with van der Waals surface area (Å²) in [6, 6.07) is 14.6. The van der Waals surface area contributed by atoms with Crippen LogP contribution in [-0.2, 0) is 6.42 Å². The largest absolute Gasteiger partial charge is 0.486 e. The van der Waals surface area contributed by atoms with Crippen LogP contribution < -0.4 is 9.47 Å². The molecule has 0 spiro atoms. The number of hydrogen-bond donors (Lipinski definition) is 0. The summed E-state index contributed by atoms with van der Waals surface area (Å²) in [6.45, 7) is 1.22. The first-order valence-corrected chi connectivity index (χ1v) is 7.38. The Morgan fingerprint density at radius 2 is 1.80 bits per heavy atom. The van der Waals surface area contributed by atoms with E-state index in [0.717, 1.165) is 23.5 Å². The molecule has 2 aromatic rings. The second-order valence-corrected chi connectivity index (χ2v) is 5.78. The highest BCUT2D eigenvalue weighted by Crippen LogP contribution is 2.48. The van der Waals surface area contributed by atoms with Crippen molar-refractivity contribution in [2.24, 2.45) is 0 Å². The summed E-state index contributed by atoms with van der Waals surface area (Å²) < 4.78 is 11.2. The molecule has 1 aliphatic carbocycles. The highest BCUT2D eigenvalue weighted by molar-refractivity contribution is 6.21. The highest BCUT2D eigenvalue weighted by atomic mass is 35.5. The van der Waals surface area contributed by atoms with Gasteiger partial charge in [0, 0.05) is 5.92 Å². The Labute approximate surface area is 123 Å². The van der Waals surface area contributed by atoms with E-state index in [-0.39, 0.29) is 5.38 Å². The number of halogens is 1. The number of ether oxygens (including phenoxy) is 2. The molecule has 0 bridgehead atoms. The maximum atomic E-state index is 6.68. The molecule has 0 amide bonds. The van der Waals surface area contributed by atoms with Crippen molar-refractivity contribution in [2.45, 2.75) is 17.7 Å². The molecule has 2 nitrogen and oxygen atoms in total. The molecule has 0 radical (unpaired) electrons. The van der Waals surface area contributed by atoms with Gasteiger partial charge in [-0.1, -0.05) is 30.3 Å². The van der Waals surface area contributed by atoms with Crippen LogP contribution >= 0.6 is 11.6 Å². The zero-order valence-electron chi connectivity index (χ0n) is 11.0. The van der Waals surface area contributed by atoms with Crippen LogP contribution in [0.5, 0.6) is 11.5 Å². The predicted molar refractivity (Wildman–Crippen MR) is 78.9 cm³/mol. The molecule has 102 valence electrons. The fourth-order valence-corrected chi connectivity index (χ4v) is 3.38. The van der Waals surface area contributed by atoms with Crippen LogP contribution in [0.3, 0.4) is 0 Å². The van der Waals surface area contributed by atoms with Crippen molar-refractivity contribution in [1.29, 1.82) is 0 Å². The van der Waals surface area contributed by atoms with Crippen LogP contribution in [0.15, 0.2) is 42.5 Å². The standard InChI is InChI=1S/C17H15ClO2/c18-17(14-9-11-3-1-2-4-13(11)14)12-5-6-15-16(10-12)20-8-7-19-15/h1-6,10,14,17H,7-9H2. The van der Waals surface area contributed by atoms with Crippen molar-refractivity contribution in [1.82, 2.24) is 0 Å². The number of hydrogen-bond acceptors (Lipinski definition) is 2. The van der Waals surface area contributed by atoms with Crippen molar-refractivity contribution in [3.8, 4) is 11.5 Å². The minimum Gasteiger partial charge on any atom is -0.486 e. The van der Waals surface area contributed by atoms with E-state index >= 15 is 0 Å². The summed E-state index contributed by atoms with van der Waals surface area (Å²) in [5, 5.41) is -0.0132. The first-order valence-electron chi connectivity index (χ1n) is 6.94. The molecule has 2 unspecified atom stereocenters. The number of benzene rings is 2. The zero-order chi connectivity index (χ0) is 13.5. The van der Waals surface area contributed by atoms with Crippen LogP contribution in [0, 0.1) is 0 Å². The molecule has 20 heavy (non-hydrogen) atoms. The second-order valence-electron chi connectivity index (χ2n) is 5.31. The topological polar surface area (TPSA) is 18.5 Å². The summed E-state index contributed by atoms with van der Waals surface area (Å²) in [7, 11) is 0. The lowest BCUT2D eigenvalue weighted by Crippen LogP contribution is -2.21. The van der Waals surface area contributed by atoms with Crippen molar-refractivity contribution < 1.29 is 9.47 Å². The van der Waals surface area contributed by atoms with E-state index in [9.17, 15) is 0 Å². The fraction of sp³-hybridized carbons (Fsp3) is 0.294. The van der Waals surface area contributed by atoms with E-state index in [1.165, 1.54) is 11.1 Å². The van der Waals surface area contributed by atoms with Crippen LogP contribution in [0.1, 0.15) is 28.0 Å². The van der Waals surface area contributed by atoms with Gasteiger partial charge < -0.3 is 9.47 Å². The van der Waals surface area contributed by atoms with E-state index in [1.54, 1.807) is 0 Å². The van der Waals surface area contributed by atoms with Crippen molar-refractivity contribution >= 4 is 11.6 Å². The molecule has 2 aromatic carbocycles. The maximum Gasteiger partial charge on any atom is 0.161 e. The molecule has 0 saturated heterocycles. The summed E-state index contributed by atoms with van der Waals surface area (Å²) in [5.74, 6) is 2.03. The van der Waals surface area contributed by atoms with Crippen LogP contribution in [0.25, 0.3) is 0 Å². The molecule has 3 heteroatoms. The quantitative estimate of drug-likeness (QED) is 0.775. The number of fused-ring (bicyclic) bond motifs is 2. The van der Waals surface area contributed by atoms with E-state index in [0.29, 0.717) is 19.1 Å². The highest BCUT2D eigenvalue weighted by Gasteiger charge is 2.33. The summed E-state index contributed by atoms with van der Waals surface area (Å²) in [4.78, 5) is 0. The van der Waals surface area contributed by atoms with E-state index in [1.807, 2.05) is 18.2 Å². The zero-order valence-corrected chi connectivity index (χ0v) is 11.8. The minimum atomic E-state index is -0.0132. The van der Waals surface area contributed by atoms with Gasteiger partial charge in [0.1, 0.15) is 13.2 Å². The second kappa shape index (κ2) is 4.71. The van der Waals surface area contributed by atoms with Crippen molar-refractivity contribution in [2.75, 3.05) is 13.2 Å². The third kappa shape index (κ3) is 1.87. The van der Waals surface area contributed by atoms with E-state index in [4.69, 9.17) is 21.1 Å². The van der Waals surface area contributed by atoms with Crippen molar-refractivity contribution in [3.05, 3.63) is 59.2 Å². The smallest absolute Gasteiger partial charge is 0.161 e. The Morgan fingerprint density at radius 3 is 2.65 bits per heavy atom. The van der Waals surface area contributed by atoms with Gasteiger partial charge in [-0.15, -0.1) is 11.6 Å². The minimum absolute atomic E-state index is 0.0132. The van der Waals surface area contributed by atoms with Crippen LogP contribution in [-0.4, -0.2) is 13.2 Å². The van der Waals surface area contributed by atoms with Gasteiger partial charge in [0.25, 0.3) is 0 Å². The normalized spacial score (nSPS) is 20.8. The van der Waals surface area contributed by atoms with Crippen molar-refractivity contribution in [3.63, 3.8) is 0 Å². The Hall–Kier alpha value is -1.67. The summed E-state index contributed by atoms with van der Waals surface area (Å²) in [6.07, 6.45) is 1.05. The molecule has 4 rings (SSSR count). The molecule has 1 heterocycles. The third-order valence-corrected chi connectivity index (χ3v) is 4.69. The Bertz CT molecular complexity index is 653. The van der Waals surface area contributed by atoms with Gasteiger partial charge in [-0.25, -0.2) is 0 Å². The number of rotatable bonds is 2. The monoisotopic (exact) mass is 286 g/mol. The molecule has 0 saturated carbocycles. The van der Waals surface area contributed by atoms with Gasteiger partial charge in [-0.2, -0.15) is 0 Å². The lowest BCUT2D eigenvalue weighted by Gasteiger charge is -2.34. The molecule has 2 atom stereocenters. The lowest BCUT2D eigenvalue weighted by molar-refractivity contribution is 0.171. The first kappa shape index (κ1) is 12.1. The first-order chi connectivity index (χ1) is 9.83. The average molecular weight is 287 g/mol. The Morgan fingerprint density at radius 1 is 1.00 bits per heavy atom. The molecule has 0 fully saturated rings.